The van der Waals surface area contributed by atoms with E-state index in [1.54, 1.807) is 23.9 Å². The van der Waals surface area contributed by atoms with Gasteiger partial charge in [-0.25, -0.2) is 9.07 Å². The summed E-state index contributed by atoms with van der Waals surface area (Å²) in [6.45, 7) is 5.36. The number of hydrogen-bond acceptors (Lipinski definition) is 7. The molecule has 0 radical (unpaired) electrons. The lowest BCUT2D eigenvalue weighted by atomic mass is 10.0. The van der Waals surface area contributed by atoms with E-state index in [1.165, 1.54) is 6.07 Å². The Morgan fingerprint density at radius 1 is 1.11 bits per heavy atom. The predicted octanol–water partition coefficient (Wildman–Crippen LogP) is 2.52. The Hall–Kier alpha value is -3.63. The van der Waals surface area contributed by atoms with Gasteiger partial charge in [0.1, 0.15) is 11.9 Å². The molecule has 35 heavy (non-hydrogen) atoms. The van der Waals surface area contributed by atoms with Crippen LogP contribution in [0, 0.1) is 12.7 Å². The minimum atomic E-state index is -0.459. The van der Waals surface area contributed by atoms with Crippen LogP contribution in [0.1, 0.15) is 23.0 Å². The summed E-state index contributed by atoms with van der Waals surface area (Å²) in [6, 6.07) is 14.3. The monoisotopic (exact) mass is 477 g/mol. The Bertz CT molecular complexity index is 1380. The standard InChI is InChI=1S/C25H28FN7O2/c1-17-7-8-18-16-19(25(34)27-21(18)15-17)23(24-28-29-30-33(24)13-14-35-2)32-11-9-31(10-12-32)22-6-4-3-5-20(22)26/h3-8,15-16,23H,9-14H2,1-2H3,(H,27,34)/t23-/m1/s1. The van der Waals surface area contributed by atoms with Gasteiger partial charge < -0.3 is 14.6 Å². The predicted molar refractivity (Wildman–Crippen MR) is 131 cm³/mol. The molecule has 2 aromatic carbocycles. The van der Waals surface area contributed by atoms with Gasteiger partial charge in [-0.2, -0.15) is 0 Å². The molecule has 1 N–H and O–H groups in total. The first kappa shape index (κ1) is 23.1. The van der Waals surface area contributed by atoms with Crippen LogP contribution in [-0.2, 0) is 11.3 Å². The van der Waals surface area contributed by atoms with E-state index in [9.17, 15) is 9.18 Å². The molecular formula is C25H28FN7O2. The van der Waals surface area contributed by atoms with Crippen molar-refractivity contribution >= 4 is 16.6 Å². The zero-order valence-electron chi connectivity index (χ0n) is 19.8. The van der Waals surface area contributed by atoms with Crippen molar-refractivity contribution in [2.24, 2.45) is 0 Å². The number of hydrogen-bond donors (Lipinski definition) is 1. The van der Waals surface area contributed by atoms with Crippen LogP contribution in [0.2, 0.25) is 0 Å². The Kier molecular flexibility index (Phi) is 6.56. The summed E-state index contributed by atoms with van der Waals surface area (Å²) in [6.07, 6.45) is 0. The van der Waals surface area contributed by atoms with Gasteiger partial charge in [-0.3, -0.25) is 9.69 Å². The Morgan fingerprint density at radius 3 is 2.69 bits per heavy atom. The number of pyridine rings is 1. The Labute approximate surface area is 202 Å². The van der Waals surface area contributed by atoms with Gasteiger partial charge in [0.05, 0.1) is 18.8 Å². The molecule has 1 atom stereocenters. The lowest BCUT2D eigenvalue weighted by Gasteiger charge is -2.39. The molecule has 4 aromatic rings. The van der Waals surface area contributed by atoms with Gasteiger partial charge in [0, 0.05) is 44.4 Å². The highest BCUT2D eigenvalue weighted by Crippen LogP contribution is 2.29. The minimum Gasteiger partial charge on any atom is -0.383 e. The lowest BCUT2D eigenvalue weighted by molar-refractivity contribution is 0.171. The quantitative estimate of drug-likeness (QED) is 0.437. The first-order valence-electron chi connectivity index (χ1n) is 11.7. The normalized spacial score (nSPS) is 15.6. The molecule has 3 heterocycles. The van der Waals surface area contributed by atoms with Crippen LogP contribution in [0.4, 0.5) is 10.1 Å². The molecule has 0 spiro atoms. The van der Waals surface area contributed by atoms with Crippen LogP contribution in [0.25, 0.3) is 10.9 Å². The van der Waals surface area contributed by atoms with E-state index in [4.69, 9.17) is 4.74 Å². The van der Waals surface area contributed by atoms with E-state index < -0.39 is 6.04 Å². The number of anilines is 1. The maximum atomic E-state index is 14.4. The third-order valence-corrected chi connectivity index (χ3v) is 6.51. The molecule has 1 aliphatic heterocycles. The van der Waals surface area contributed by atoms with Crippen molar-refractivity contribution in [2.75, 3.05) is 44.8 Å². The van der Waals surface area contributed by atoms with Crippen LogP contribution in [0.15, 0.2) is 53.3 Å². The molecule has 0 unspecified atom stereocenters. The number of ether oxygens (including phenoxy) is 1. The number of nitrogens with zero attached hydrogens (tertiary/aromatic N) is 6. The number of nitrogens with one attached hydrogen (secondary N) is 1. The number of fused-ring (bicyclic) bond motifs is 1. The number of aromatic amines is 1. The lowest BCUT2D eigenvalue weighted by Crippen LogP contribution is -2.49. The van der Waals surface area contributed by atoms with Gasteiger partial charge in [-0.05, 0) is 52.6 Å². The van der Waals surface area contributed by atoms with E-state index in [2.05, 4.69) is 25.4 Å². The van der Waals surface area contributed by atoms with Crippen molar-refractivity contribution in [1.29, 1.82) is 0 Å². The molecule has 0 amide bonds. The molecule has 2 aromatic heterocycles. The van der Waals surface area contributed by atoms with Gasteiger partial charge in [0.2, 0.25) is 0 Å². The summed E-state index contributed by atoms with van der Waals surface area (Å²) in [5.74, 6) is 0.348. The third-order valence-electron chi connectivity index (χ3n) is 6.51. The summed E-state index contributed by atoms with van der Waals surface area (Å²) in [7, 11) is 1.62. The van der Waals surface area contributed by atoms with Gasteiger partial charge in [-0.1, -0.05) is 24.3 Å². The summed E-state index contributed by atoms with van der Waals surface area (Å²) < 4.78 is 21.3. The zero-order valence-corrected chi connectivity index (χ0v) is 19.8. The number of tetrazole rings is 1. The number of piperazine rings is 1. The van der Waals surface area contributed by atoms with Gasteiger partial charge in [-0.15, -0.1) is 5.10 Å². The average Bonchev–Trinajstić information content (AvgIpc) is 3.32. The number of aryl methyl sites for hydroxylation is 1. The number of aromatic nitrogens is 5. The van der Waals surface area contributed by atoms with Crippen LogP contribution in [-0.4, -0.2) is 70.0 Å². The molecule has 0 bridgehead atoms. The summed E-state index contributed by atoms with van der Waals surface area (Å²) in [5.41, 5.74) is 2.86. The van der Waals surface area contributed by atoms with Crippen molar-refractivity contribution in [3.05, 3.63) is 81.7 Å². The van der Waals surface area contributed by atoms with Crippen LogP contribution < -0.4 is 10.5 Å². The number of H-pyrrole nitrogens is 1. The summed E-state index contributed by atoms with van der Waals surface area (Å²) in [4.78, 5) is 20.6. The number of para-hydroxylation sites is 1. The number of benzene rings is 2. The van der Waals surface area contributed by atoms with E-state index in [0.29, 0.717) is 56.4 Å². The smallest absolute Gasteiger partial charge is 0.253 e. The third kappa shape index (κ3) is 4.67. The minimum absolute atomic E-state index is 0.175. The summed E-state index contributed by atoms with van der Waals surface area (Å²) in [5, 5.41) is 13.3. The number of halogens is 1. The number of methoxy groups -OCH3 is 1. The highest BCUT2D eigenvalue weighted by Gasteiger charge is 2.33. The topological polar surface area (TPSA) is 92.2 Å². The van der Waals surface area contributed by atoms with Crippen molar-refractivity contribution < 1.29 is 9.13 Å². The number of rotatable bonds is 7. The molecule has 0 saturated carbocycles. The second-order valence-electron chi connectivity index (χ2n) is 8.77. The van der Waals surface area contributed by atoms with Gasteiger partial charge in [0.15, 0.2) is 5.82 Å². The molecule has 182 valence electrons. The highest BCUT2D eigenvalue weighted by molar-refractivity contribution is 5.79. The SMILES string of the molecule is COCCn1nnnc1[C@@H](c1cc2ccc(C)cc2[nH]c1=O)N1CCN(c2ccccc2F)CC1. The van der Waals surface area contributed by atoms with Crippen LogP contribution in [0.5, 0.6) is 0 Å². The Morgan fingerprint density at radius 2 is 1.91 bits per heavy atom. The molecule has 1 fully saturated rings. The van der Waals surface area contributed by atoms with Crippen LogP contribution >= 0.6 is 0 Å². The van der Waals surface area contributed by atoms with Gasteiger partial charge >= 0.3 is 0 Å². The van der Waals surface area contributed by atoms with Gasteiger partial charge in [0.25, 0.3) is 5.56 Å². The molecule has 0 aliphatic carbocycles. The fourth-order valence-electron chi connectivity index (χ4n) is 4.71. The van der Waals surface area contributed by atoms with E-state index in [-0.39, 0.29) is 11.4 Å². The molecule has 1 saturated heterocycles. The van der Waals surface area contributed by atoms with Crippen molar-refractivity contribution in [1.82, 2.24) is 30.1 Å². The van der Waals surface area contributed by atoms with E-state index in [0.717, 1.165) is 16.5 Å². The van der Waals surface area contributed by atoms with Crippen molar-refractivity contribution in [2.45, 2.75) is 19.5 Å². The molecule has 9 nitrogen and oxygen atoms in total. The average molecular weight is 478 g/mol. The van der Waals surface area contributed by atoms with Crippen molar-refractivity contribution in [3.63, 3.8) is 0 Å². The first-order chi connectivity index (χ1) is 17.0. The second-order valence-corrected chi connectivity index (χ2v) is 8.77. The first-order valence-corrected chi connectivity index (χ1v) is 11.7. The largest absolute Gasteiger partial charge is 0.383 e. The fourth-order valence-corrected chi connectivity index (χ4v) is 4.71. The molecule has 5 rings (SSSR count). The van der Waals surface area contributed by atoms with E-state index >= 15 is 0 Å². The van der Waals surface area contributed by atoms with Crippen LogP contribution in [0.3, 0.4) is 0 Å². The van der Waals surface area contributed by atoms with E-state index in [1.807, 2.05) is 42.2 Å². The Balaban J connectivity index is 1.52. The second kappa shape index (κ2) is 9.93. The maximum absolute atomic E-state index is 14.4. The summed E-state index contributed by atoms with van der Waals surface area (Å²) >= 11 is 0. The molecular weight excluding hydrogens is 449 g/mol. The molecule has 10 heteroatoms. The molecule has 1 aliphatic rings. The van der Waals surface area contributed by atoms with Crippen molar-refractivity contribution in [3.8, 4) is 0 Å². The maximum Gasteiger partial charge on any atom is 0.253 e. The highest BCUT2D eigenvalue weighted by atomic mass is 19.1. The zero-order chi connectivity index (χ0) is 24.4. The fraction of sp³-hybridized carbons (Fsp3) is 0.360.